The summed E-state index contributed by atoms with van der Waals surface area (Å²) < 4.78 is 23.5. The molecule has 0 radical (unpaired) electrons. The van der Waals surface area contributed by atoms with E-state index in [0.717, 1.165) is 58.2 Å². The largest absolute Gasteiger partial charge is 0.379 e. The fraction of sp³-hybridized carbons (Fsp3) is 0.957. The van der Waals surface area contributed by atoms with Gasteiger partial charge in [-0.1, -0.05) is 162 Å². The number of carbonyl (C=O) groups excluding carboxylic acids is 2. The van der Waals surface area contributed by atoms with Crippen LogP contribution in [0, 0.1) is 0 Å². The number of amides is 4. The second kappa shape index (κ2) is 43.9. The first kappa shape index (κ1) is 55.4. The first-order chi connectivity index (χ1) is 27.8. The van der Waals surface area contributed by atoms with Crippen molar-refractivity contribution in [2.24, 2.45) is 0 Å². The quantitative estimate of drug-likeness (QED) is 0.0455. The predicted octanol–water partition coefficient (Wildman–Crippen LogP) is 11.8. The summed E-state index contributed by atoms with van der Waals surface area (Å²) in [5.41, 5.74) is 0. The molecule has 0 rings (SSSR count). The summed E-state index contributed by atoms with van der Waals surface area (Å²) in [5.74, 6) is 0. The summed E-state index contributed by atoms with van der Waals surface area (Å²) in [4.78, 5) is 24.7. The van der Waals surface area contributed by atoms with Crippen molar-refractivity contribution in [3.05, 3.63) is 0 Å². The molecule has 0 aromatic rings. The van der Waals surface area contributed by atoms with Crippen molar-refractivity contribution in [2.75, 3.05) is 52.7 Å². The molecule has 0 aliphatic carbocycles. The second-order valence-electron chi connectivity index (χ2n) is 16.7. The highest BCUT2D eigenvalue weighted by Gasteiger charge is 2.13. The fourth-order valence-corrected chi connectivity index (χ4v) is 6.74. The van der Waals surface area contributed by atoms with Crippen LogP contribution in [0.3, 0.4) is 0 Å². The molecule has 0 aliphatic heterocycles. The van der Waals surface area contributed by atoms with Crippen LogP contribution in [0.15, 0.2) is 0 Å². The molecular formula is C47H96N4O6. The van der Waals surface area contributed by atoms with Gasteiger partial charge in [0, 0.05) is 26.3 Å². The molecule has 0 bridgehead atoms. The van der Waals surface area contributed by atoms with E-state index in [0.29, 0.717) is 39.5 Å². The molecule has 0 fully saturated rings. The molecule has 0 saturated carbocycles. The SMILES string of the molecule is CCCCCCCCCCCCCOCC(C)OCC(C)NC(=O)NCCCCCCNC(=O)NC(CC)COC(C)COCCCCCCCCCCCCC. The standard InChI is InChI=1S/C47H96N4O6/c1-7-10-12-14-16-18-20-22-24-28-32-36-54-39-43(5)56-38-42(4)50-46(52)48-34-30-26-27-31-35-49-47(53)51-45(9-3)41-57-44(6)40-55-37-33-29-25-23-21-19-17-15-13-11-8-2/h42-45H,7-41H2,1-6H3,(H2,48,50,52)(H2,49,51,53). The van der Waals surface area contributed by atoms with E-state index in [9.17, 15) is 9.59 Å². The number of rotatable bonds is 44. The number of ether oxygens (including phenoxy) is 4. The third-order valence-electron chi connectivity index (χ3n) is 10.6. The molecule has 10 heteroatoms. The van der Waals surface area contributed by atoms with Gasteiger partial charge in [0.05, 0.1) is 50.7 Å². The lowest BCUT2D eigenvalue weighted by Crippen LogP contribution is -2.44. The van der Waals surface area contributed by atoms with Gasteiger partial charge in [0.15, 0.2) is 0 Å². The molecule has 0 spiro atoms. The Morgan fingerprint density at radius 1 is 0.421 bits per heavy atom. The molecule has 4 amide bonds. The third-order valence-corrected chi connectivity index (χ3v) is 10.6. The molecular weight excluding hydrogens is 717 g/mol. The summed E-state index contributed by atoms with van der Waals surface area (Å²) in [6.07, 6.45) is 33.9. The highest BCUT2D eigenvalue weighted by atomic mass is 16.5. The van der Waals surface area contributed by atoms with Gasteiger partial charge in [-0.3, -0.25) is 0 Å². The second-order valence-corrected chi connectivity index (χ2v) is 16.7. The van der Waals surface area contributed by atoms with Crippen molar-refractivity contribution < 1.29 is 28.5 Å². The smallest absolute Gasteiger partial charge is 0.315 e. The van der Waals surface area contributed by atoms with Crippen molar-refractivity contribution >= 4 is 12.1 Å². The molecule has 0 aromatic heterocycles. The van der Waals surface area contributed by atoms with E-state index in [1.54, 1.807) is 0 Å². The van der Waals surface area contributed by atoms with Crippen LogP contribution in [0.5, 0.6) is 0 Å². The molecule has 4 atom stereocenters. The first-order valence-corrected chi connectivity index (χ1v) is 24.3. The Balaban J connectivity index is 3.64. The summed E-state index contributed by atoms with van der Waals surface area (Å²) in [6.45, 7) is 17.5. The highest BCUT2D eigenvalue weighted by Crippen LogP contribution is 2.13. The Bertz CT molecular complexity index is 853. The van der Waals surface area contributed by atoms with Crippen LogP contribution in [0.25, 0.3) is 0 Å². The molecule has 57 heavy (non-hydrogen) atoms. The number of hydrogen-bond acceptors (Lipinski definition) is 6. The zero-order valence-electron chi connectivity index (χ0n) is 38.5. The van der Waals surface area contributed by atoms with Crippen molar-refractivity contribution in [2.45, 2.75) is 239 Å². The topological polar surface area (TPSA) is 119 Å². The molecule has 4 unspecified atom stereocenters. The lowest BCUT2D eigenvalue weighted by molar-refractivity contribution is -0.0144. The minimum atomic E-state index is -0.166. The maximum Gasteiger partial charge on any atom is 0.315 e. The van der Waals surface area contributed by atoms with E-state index < -0.39 is 0 Å². The van der Waals surface area contributed by atoms with Gasteiger partial charge in [-0.2, -0.15) is 0 Å². The molecule has 0 aliphatic rings. The third kappa shape index (κ3) is 42.3. The average Bonchev–Trinajstić information content (AvgIpc) is 3.20. The summed E-state index contributed by atoms with van der Waals surface area (Å²) >= 11 is 0. The van der Waals surface area contributed by atoms with E-state index in [1.807, 2.05) is 20.8 Å². The van der Waals surface area contributed by atoms with E-state index in [4.69, 9.17) is 18.9 Å². The van der Waals surface area contributed by atoms with Gasteiger partial charge in [0.1, 0.15) is 0 Å². The lowest BCUT2D eigenvalue weighted by Gasteiger charge is -2.20. The van der Waals surface area contributed by atoms with Gasteiger partial charge in [0.2, 0.25) is 0 Å². The molecule has 10 nitrogen and oxygen atoms in total. The van der Waals surface area contributed by atoms with Crippen molar-refractivity contribution in [3.8, 4) is 0 Å². The first-order valence-electron chi connectivity index (χ1n) is 24.3. The number of nitrogens with one attached hydrogen (secondary N) is 4. The van der Waals surface area contributed by atoms with E-state index in [1.165, 1.54) is 128 Å². The zero-order chi connectivity index (χ0) is 41.9. The van der Waals surface area contributed by atoms with Crippen molar-refractivity contribution in [1.82, 2.24) is 21.3 Å². The fourth-order valence-electron chi connectivity index (χ4n) is 6.74. The van der Waals surface area contributed by atoms with Crippen LogP contribution in [-0.2, 0) is 18.9 Å². The van der Waals surface area contributed by atoms with Gasteiger partial charge >= 0.3 is 12.1 Å². The van der Waals surface area contributed by atoms with Gasteiger partial charge in [-0.25, -0.2) is 9.59 Å². The van der Waals surface area contributed by atoms with Gasteiger partial charge < -0.3 is 40.2 Å². The molecule has 4 N–H and O–H groups in total. The number of urea groups is 2. The lowest BCUT2D eigenvalue weighted by atomic mass is 10.1. The van der Waals surface area contributed by atoms with Crippen LogP contribution in [0.2, 0.25) is 0 Å². The summed E-state index contributed by atoms with van der Waals surface area (Å²) in [5, 5.41) is 11.9. The Morgan fingerprint density at radius 2 is 0.772 bits per heavy atom. The summed E-state index contributed by atoms with van der Waals surface area (Å²) in [6, 6.07) is -0.428. The van der Waals surface area contributed by atoms with Gasteiger partial charge in [-0.05, 0) is 52.9 Å². The van der Waals surface area contributed by atoms with E-state index in [-0.39, 0.29) is 36.4 Å². The minimum Gasteiger partial charge on any atom is -0.379 e. The Labute approximate surface area is 353 Å². The van der Waals surface area contributed by atoms with Crippen molar-refractivity contribution in [1.29, 1.82) is 0 Å². The Hall–Kier alpha value is -1.62. The monoisotopic (exact) mass is 813 g/mol. The normalized spacial score (nSPS) is 13.6. The summed E-state index contributed by atoms with van der Waals surface area (Å²) in [7, 11) is 0. The maximum atomic E-state index is 12.4. The van der Waals surface area contributed by atoms with Crippen LogP contribution in [0.4, 0.5) is 9.59 Å². The van der Waals surface area contributed by atoms with Crippen molar-refractivity contribution in [3.63, 3.8) is 0 Å². The number of carbonyl (C=O) groups is 2. The Morgan fingerprint density at radius 3 is 1.18 bits per heavy atom. The van der Waals surface area contributed by atoms with Crippen LogP contribution in [-0.4, -0.2) is 89.1 Å². The number of unbranched alkanes of at least 4 members (excludes halogenated alkanes) is 23. The average molecular weight is 813 g/mol. The minimum absolute atomic E-state index is 0.000527. The molecule has 0 heterocycles. The number of hydrogen-bond donors (Lipinski definition) is 4. The van der Waals surface area contributed by atoms with Gasteiger partial charge in [0.25, 0.3) is 0 Å². The van der Waals surface area contributed by atoms with Crippen LogP contribution in [0.1, 0.15) is 215 Å². The Kier molecular flexibility index (Phi) is 42.7. The zero-order valence-corrected chi connectivity index (χ0v) is 38.5. The van der Waals surface area contributed by atoms with E-state index >= 15 is 0 Å². The highest BCUT2D eigenvalue weighted by molar-refractivity contribution is 5.74. The molecule has 0 aromatic carbocycles. The van der Waals surface area contributed by atoms with Crippen LogP contribution < -0.4 is 21.3 Å². The van der Waals surface area contributed by atoms with Gasteiger partial charge in [-0.15, -0.1) is 0 Å². The molecule has 0 saturated heterocycles. The predicted molar refractivity (Wildman–Crippen MR) is 240 cm³/mol. The maximum absolute atomic E-state index is 12.4. The van der Waals surface area contributed by atoms with E-state index in [2.05, 4.69) is 42.0 Å². The van der Waals surface area contributed by atoms with Crippen LogP contribution >= 0.6 is 0 Å². The molecule has 340 valence electrons.